The van der Waals surface area contributed by atoms with Crippen molar-refractivity contribution < 1.29 is 33.5 Å². The highest BCUT2D eigenvalue weighted by Gasteiger charge is 2.33. The van der Waals surface area contributed by atoms with Crippen LogP contribution in [-0.2, 0) is 35.3 Å². The molecule has 0 radical (unpaired) electrons. The summed E-state index contributed by atoms with van der Waals surface area (Å²) in [5.74, 6) is -2.04. The maximum Gasteiger partial charge on any atom is 0.534 e. The molecule has 2 amide bonds. The average molecular weight is 307 g/mol. The van der Waals surface area contributed by atoms with Crippen molar-refractivity contribution in [3.8, 4) is 0 Å². The lowest BCUT2D eigenvalue weighted by atomic mass is 10.2. The lowest BCUT2D eigenvalue weighted by Gasteiger charge is -2.12. The fourth-order valence-electron chi connectivity index (χ4n) is 1.66. The van der Waals surface area contributed by atoms with Gasteiger partial charge in [-0.2, -0.15) is 0 Å². The number of nitrogens with zero attached hydrogens (tertiary/aromatic N) is 1. The van der Waals surface area contributed by atoms with E-state index in [0.717, 1.165) is 5.56 Å². The zero-order valence-electron chi connectivity index (χ0n) is 11.5. The number of hydrogen-bond donors (Lipinski definition) is 0. The number of carbonyl (C=O) groups is 4. The number of carbonyl (C=O) groups excluding carboxylic acids is 4. The Morgan fingerprint density at radius 3 is 2.27 bits per heavy atom. The van der Waals surface area contributed by atoms with Crippen LogP contribution in [0.25, 0.3) is 0 Å². The summed E-state index contributed by atoms with van der Waals surface area (Å²) in [5, 5.41) is 0.331. The van der Waals surface area contributed by atoms with E-state index in [1.165, 1.54) is 0 Å². The van der Waals surface area contributed by atoms with E-state index in [1.807, 2.05) is 6.07 Å². The summed E-state index contributed by atoms with van der Waals surface area (Å²) < 4.78 is 9.34. The van der Waals surface area contributed by atoms with E-state index in [9.17, 15) is 19.2 Å². The zero-order valence-corrected chi connectivity index (χ0v) is 11.5. The fourth-order valence-corrected chi connectivity index (χ4v) is 1.66. The van der Waals surface area contributed by atoms with Crippen LogP contribution in [0.3, 0.4) is 0 Å². The van der Waals surface area contributed by atoms with Crippen molar-refractivity contribution in [1.82, 2.24) is 5.06 Å². The van der Waals surface area contributed by atoms with Crippen molar-refractivity contribution >= 4 is 23.9 Å². The van der Waals surface area contributed by atoms with Gasteiger partial charge in [-0.25, -0.2) is 9.59 Å². The third-order valence-corrected chi connectivity index (χ3v) is 2.72. The Hall–Kier alpha value is -2.90. The number of ether oxygens (including phenoxy) is 2. The van der Waals surface area contributed by atoms with Crippen LogP contribution in [-0.4, -0.2) is 35.6 Å². The smallest absolute Gasteiger partial charge is 0.458 e. The minimum Gasteiger partial charge on any atom is -0.458 e. The van der Waals surface area contributed by atoms with E-state index in [0.29, 0.717) is 5.06 Å². The van der Waals surface area contributed by atoms with Gasteiger partial charge in [-0.1, -0.05) is 35.4 Å². The molecular weight excluding hydrogens is 294 g/mol. The lowest BCUT2D eigenvalue weighted by Crippen LogP contribution is -2.33. The van der Waals surface area contributed by atoms with Crippen LogP contribution in [0.1, 0.15) is 18.4 Å². The summed E-state index contributed by atoms with van der Waals surface area (Å²) in [6, 6.07) is 8.95. The van der Waals surface area contributed by atoms with Gasteiger partial charge in [0.15, 0.2) is 6.61 Å². The fraction of sp³-hybridized carbons (Fsp3) is 0.286. The third kappa shape index (κ3) is 4.30. The molecule has 22 heavy (non-hydrogen) atoms. The number of amides is 2. The first-order valence-electron chi connectivity index (χ1n) is 6.46. The van der Waals surface area contributed by atoms with Gasteiger partial charge in [-0.05, 0) is 5.56 Å². The molecular formula is C14H13NO7. The molecule has 116 valence electrons. The molecule has 0 atom stereocenters. The normalized spacial score (nSPS) is 13.9. The maximum atomic E-state index is 11.4. The first-order chi connectivity index (χ1) is 10.6. The number of rotatable bonds is 5. The van der Waals surface area contributed by atoms with Gasteiger partial charge in [-0.15, -0.1) is 0 Å². The second-order valence-electron chi connectivity index (χ2n) is 4.36. The predicted molar refractivity (Wildman–Crippen MR) is 69.8 cm³/mol. The summed E-state index contributed by atoms with van der Waals surface area (Å²) >= 11 is 0. The van der Waals surface area contributed by atoms with Gasteiger partial charge in [0.1, 0.15) is 6.61 Å². The summed E-state index contributed by atoms with van der Waals surface area (Å²) in [7, 11) is 0. The number of hydrogen-bond acceptors (Lipinski definition) is 7. The molecule has 0 aliphatic carbocycles. The van der Waals surface area contributed by atoms with Crippen LogP contribution in [0.5, 0.6) is 0 Å². The Kier molecular flexibility index (Phi) is 5.07. The van der Waals surface area contributed by atoms with E-state index in [1.54, 1.807) is 24.3 Å². The molecule has 8 nitrogen and oxygen atoms in total. The molecule has 1 saturated heterocycles. The zero-order chi connectivity index (χ0) is 15.9. The van der Waals surface area contributed by atoms with Crippen molar-refractivity contribution in [3.05, 3.63) is 35.9 Å². The first kappa shape index (κ1) is 15.5. The SMILES string of the molecule is O=C(COC(=O)ON1C(=O)CCC1=O)OCc1ccccc1. The molecule has 0 aromatic heterocycles. The largest absolute Gasteiger partial charge is 0.534 e. The van der Waals surface area contributed by atoms with Gasteiger partial charge in [0.2, 0.25) is 0 Å². The molecule has 0 saturated carbocycles. The number of esters is 1. The molecule has 1 aliphatic rings. The molecule has 1 heterocycles. The molecule has 8 heteroatoms. The molecule has 1 aromatic carbocycles. The Bertz CT molecular complexity index is 568. The van der Waals surface area contributed by atoms with E-state index < -0.39 is 30.5 Å². The van der Waals surface area contributed by atoms with Gasteiger partial charge >= 0.3 is 12.1 Å². The van der Waals surface area contributed by atoms with E-state index in [-0.39, 0.29) is 19.4 Å². The third-order valence-electron chi connectivity index (χ3n) is 2.72. The highest BCUT2D eigenvalue weighted by Crippen LogP contribution is 2.12. The van der Waals surface area contributed by atoms with Crippen molar-refractivity contribution in [2.24, 2.45) is 0 Å². The highest BCUT2D eigenvalue weighted by atomic mass is 16.8. The monoisotopic (exact) mass is 307 g/mol. The number of benzene rings is 1. The highest BCUT2D eigenvalue weighted by molar-refractivity contribution is 6.01. The van der Waals surface area contributed by atoms with Crippen molar-refractivity contribution in [2.75, 3.05) is 6.61 Å². The minimum atomic E-state index is -1.32. The summed E-state index contributed by atoms with van der Waals surface area (Å²) in [6.45, 7) is -0.636. The molecule has 1 fully saturated rings. The predicted octanol–water partition coefficient (Wildman–Crippen LogP) is 0.947. The molecule has 0 spiro atoms. The van der Waals surface area contributed by atoms with Crippen LogP contribution in [0.15, 0.2) is 30.3 Å². The van der Waals surface area contributed by atoms with Crippen molar-refractivity contribution in [2.45, 2.75) is 19.4 Å². The Labute approximate surface area is 125 Å². The first-order valence-corrected chi connectivity index (χ1v) is 6.46. The Morgan fingerprint density at radius 2 is 1.64 bits per heavy atom. The topological polar surface area (TPSA) is 99.2 Å². The number of imide groups is 1. The van der Waals surface area contributed by atoms with E-state index in [4.69, 9.17) is 4.74 Å². The average Bonchev–Trinajstić information content (AvgIpc) is 2.84. The van der Waals surface area contributed by atoms with Gasteiger partial charge in [-0.3, -0.25) is 14.4 Å². The molecule has 0 unspecified atom stereocenters. The van der Waals surface area contributed by atoms with Crippen LogP contribution in [0.4, 0.5) is 4.79 Å². The van der Waals surface area contributed by atoms with Crippen molar-refractivity contribution in [3.63, 3.8) is 0 Å². The van der Waals surface area contributed by atoms with E-state index in [2.05, 4.69) is 9.57 Å². The quantitative estimate of drug-likeness (QED) is 0.589. The van der Waals surface area contributed by atoms with Crippen molar-refractivity contribution in [1.29, 1.82) is 0 Å². The summed E-state index contributed by atoms with van der Waals surface area (Å²) in [6.07, 6.45) is -1.36. The molecule has 1 aliphatic heterocycles. The van der Waals surface area contributed by atoms with Gasteiger partial charge in [0.25, 0.3) is 11.8 Å². The van der Waals surface area contributed by atoms with E-state index >= 15 is 0 Å². The maximum absolute atomic E-state index is 11.4. The molecule has 0 N–H and O–H groups in total. The van der Waals surface area contributed by atoms with Gasteiger partial charge < -0.3 is 9.47 Å². The van der Waals surface area contributed by atoms with Gasteiger partial charge in [0.05, 0.1) is 0 Å². The van der Waals surface area contributed by atoms with Crippen LogP contribution >= 0.6 is 0 Å². The lowest BCUT2D eigenvalue weighted by molar-refractivity contribution is -0.178. The second kappa shape index (κ2) is 7.21. The van der Waals surface area contributed by atoms with Gasteiger partial charge in [0, 0.05) is 12.8 Å². The molecule has 0 bridgehead atoms. The summed E-state index contributed by atoms with van der Waals surface area (Å²) in [4.78, 5) is 49.5. The molecule has 1 aromatic rings. The second-order valence-corrected chi connectivity index (χ2v) is 4.36. The summed E-state index contributed by atoms with van der Waals surface area (Å²) in [5.41, 5.74) is 0.784. The van der Waals surface area contributed by atoms with Crippen LogP contribution < -0.4 is 0 Å². The van der Waals surface area contributed by atoms with Crippen LogP contribution in [0.2, 0.25) is 0 Å². The number of hydroxylamine groups is 2. The van der Waals surface area contributed by atoms with Crippen LogP contribution in [0, 0.1) is 0 Å². The standard InChI is InChI=1S/C14H13NO7/c16-11-6-7-12(17)15(11)22-14(19)21-9-13(18)20-8-10-4-2-1-3-5-10/h1-5H,6-9H2. The Morgan fingerprint density at radius 1 is 1.00 bits per heavy atom. The minimum absolute atomic E-state index is 0.0226. The Balaban J connectivity index is 1.68. The molecule has 2 rings (SSSR count).